The van der Waals surface area contributed by atoms with Crippen LogP contribution in [0.4, 0.5) is 0 Å². The van der Waals surface area contributed by atoms with Gasteiger partial charge < -0.3 is 9.29 Å². The van der Waals surface area contributed by atoms with Gasteiger partial charge in [0.1, 0.15) is 0 Å². The molecule has 0 N–H and O–H groups in total. The van der Waals surface area contributed by atoms with E-state index in [1.165, 1.54) is 0 Å². The van der Waals surface area contributed by atoms with Crippen LogP contribution in [0.25, 0.3) is 0 Å². The Labute approximate surface area is 82.5 Å². The number of hydrogen-bond donors (Lipinski definition) is 0. The summed E-state index contributed by atoms with van der Waals surface area (Å²) in [6, 6.07) is 0. The summed E-state index contributed by atoms with van der Waals surface area (Å²) < 4.78 is 25.5. The smallest absolute Gasteiger partial charge is 0.0594 e. The maximum atomic E-state index is 10.2. The Morgan fingerprint density at radius 2 is 1.92 bits per heavy atom. The molecule has 0 amide bonds. The van der Waals surface area contributed by atoms with Crippen molar-refractivity contribution in [2.45, 2.75) is 13.8 Å². The molecule has 1 heterocycles. The predicted octanol–water partition coefficient (Wildman–Crippen LogP) is 0.224. The first kappa shape index (κ1) is 13.0. The van der Waals surface area contributed by atoms with Crippen molar-refractivity contribution in [3.05, 3.63) is 0 Å². The zero-order chi connectivity index (χ0) is 10.1. The van der Waals surface area contributed by atoms with Crippen molar-refractivity contribution in [1.82, 2.24) is 4.90 Å². The summed E-state index contributed by atoms with van der Waals surface area (Å²) >= 11 is -1.90. The molecule has 13 heavy (non-hydrogen) atoms. The molecule has 0 spiro atoms. The summed E-state index contributed by atoms with van der Waals surface area (Å²) in [6.45, 7) is 7.81. The molecule has 0 aromatic rings. The van der Waals surface area contributed by atoms with E-state index in [2.05, 4.69) is 4.90 Å². The molecular weight excluding hydrogens is 190 g/mol. The fourth-order valence-electron chi connectivity index (χ4n) is 1.03. The maximum absolute atomic E-state index is 10.2. The Hall–Kier alpha value is 0.0300. The SMILES string of the molecule is CC.O=S([O-])CCN1CCOCC1. The van der Waals surface area contributed by atoms with E-state index in [9.17, 15) is 8.76 Å². The normalized spacial score (nSPS) is 20.2. The second kappa shape index (κ2) is 8.62. The first-order chi connectivity index (χ1) is 6.29. The van der Waals surface area contributed by atoms with Crippen LogP contribution < -0.4 is 0 Å². The number of hydrogen-bond acceptors (Lipinski definition) is 4. The minimum Gasteiger partial charge on any atom is -0.772 e. The molecule has 1 aliphatic rings. The molecule has 0 aliphatic carbocycles. The van der Waals surface area contributed by atoms with Gasteiger partial charge in [0, 0.05) is 25.4 Å². The summed E-state index contributed by atoms with van der Waals surface area (Å²) in [7, 11) is 0. The highest BCUT2D eigenvalue weighted by Crippen LogP contribution is 1.95. The number of morpholine rings is 1. The van der Waals surface area contributed by atoms with Crippen molar-refractivity contribution in [1.29, 1.82) is 0 Å². The topological polar surface area (TPSA) is 52.6 Å². The second-order valence-corrected chi connectivity index (χ2v) is 3.48. The van der Waals surface area contributed by atoms with Gasteiger partial charge in [-0.1, -0.05) is 24.9 Å². The lowest BCUT2D eigenvalue weighted by molar-refractivity contribution is 0.0407. The number of ether oxygens (including phenoxy) is 1. The van der Waals surface area contributed by atoms with Crippen LogP contribution in [-0.2, 0) is 15.8 Å². The van der Waals surface area contributed by atoms with Crippen LogP contribution in [0.1, 0.15) is 13.8 Å². The molecular formula is C8H18NO3S-. The van der Waals surface area contributed by atoms with Crippen molar-refractivity contribution in [2.75, 3.05) is 38.6 Å². The van der Waals surface area contributed by atoms with Gasteiger partial charge in [0.15, 0.2) is 0 Å². The molecule has 1 aliphatic heterocycles. The molecule has 1 fully saturated rings. The standard InChI is InChI=1S/C6H13NO3S.C2H6/c8-11(9)6-3-7-1-4-10-5-2-7;1-2/h1-6H2,(H,8,9);1-2H3/p-1. The summed E-state index contributed by atoms with van der Waals surface area (Å²) in [4.78, 5) is 2.10. The Kier molecular flexibility index (Phi) is 8.64. The van der Waals surface area contributed by atoms with E-state index in [0.717, 1.165) is 26.3 Å². The fourth-order valence-corrected chi connectivity index (χ4v) is 1.44. The van der Waals surface area contributed by atoms with Crippen LogP contribution in [0.2, 0.25) is 0 Å². The zero-order valence-corrected chi connectivity index (χ0v) is 9.14. The second-order valence-electron chi connectivity index (χ2n) is 2.46. The fraction of sp³-hybridized carbons (Fsp3) is 1.00. The highest BCUT2D eigenvalue weighted by molar-refractivity contribution is 7.79. The van der Waals surface area contributed by atoms with Gasteiger partial charge in [-0.2, -0.15) is 0 Å². The summed E-state index contributed by atoms with van der Waals surface area (Å²) in [5.41, 5.74) is 0. The van der Waals surface area contributed by atoms with Crippen molar-refractivity contribution in [2.24, 2.45) is 0 Å². The third kappa shape index (κ3) is 7.13. The summed E-state index contributed by atoms with van der Waals surface area (Å²) in [5.74, 6) is 0.236. The van der Waals surface area contributed by atoms with Crippen molar-refractivity contribution in [3.8, 4) is 0 Å². The molecule has 0 aromatic heterocycles. The van der Waals surface area contributed by atoms with Crippen LogP contribution >= 0.6 is 0 Å². The van der Waals surface area contributed by atoms with Gasteiger partial charge >= 0.3 is 0 Å². The van der Waals surface area contributed by atoms with Crippen molar-refractivity contribution >= 4 is 11.1 Å². The molecule has 1 rings (SSSR count). The Bertz CT molecular complexity index is 137. The van der Waals surface area contributed by atoms with Crippen molar-refractivity contribution in [3.63, 3.8) is 0 Å². The average Bonchev–Trinajstić information content (AvgIpc) is 2.19. The van der Waals surface area contributed by atoms with Gasteiger partial charge in [-0.05, 0) is 0 Å². The number of nitrogens with zero attached hydrogens (tertiary/aromatic N) is 1. The van der Waals surface area contributed by atoms with Gasteiger partial charge in [-0.15, -0.1) is 0 Å². The molecule has 0 radical (unpaired) electrons. The molecule has 1 saturated heterocycles. The van der Waals surface area contributed by atoms with Crippen LogP contribution in [-0.4, -0.2) is 52.3 Å². The molecule has 1 atom stereocenters. The third-order valence-electron chi connectivity index (χ3n) is 1.68. The van der Waals surface area contributed by atoms with Crippen LogP contribution in [0.3, 0.4) is 0 Å². The Balaban J connectivity index is 0.000000671. The van der Waals surface area contributed by atoms with Crippen LogP contribution in [0.5, 0.6) is 0 Å². The molecule has 4 nitrogen and oxygen atoms in total. The monoisotopic (exact) mass is 208 g/mol. The van der Waals surface area contributed by atoms with E-state index in [4.69, 9.17) is 4.74 Å². The minimum absolute atomic E-state index is 0.236. The van der Waals surface area contributed by atoms with E-state index in [-0.39, 0.29) is 5.75 Å². The van der Waals surface area contributed by atoms with Crippen LogP contribution in [0.15, 0.2) is 0 Å². The first-order valence-corrected chi connectivity index (χ1v) is 5.89. The molecule has 5 heteroatoms. The first-order valence-electron chi connectivity index (χ1n) is 4.65. The summed E-state index contributed by atoms with van der Waals surface area (Å²) in [6.07, 6.45) is 0. The molecule has 80 valence electrons. The lowest BCUT2D eigenvalue weighted by Gasteiger charge is -2.26. The molecule has 0 aromatic carbocycles. The van der Waals surface area contributed by atoms with E-state index < -0.39 is 11.1 Å². The Morgan fingerprint density at radius 3 is 2.38 bits per heavy atom. The lowest BCUT2D eigenvalue weighted by Crippen LogP contribution is -2.38. The van der Waals surface area contributed by atoms with Gasteiger partial charge in [-0.25, -0.2) is 0 Å². The molecule has 0 saturated carbocycles. The zero-order valence-electron chi connectivity index (χ0n) is 8.32. The quantitative estimate of drug-likeness (QED) is 0.623. The maximum Gasteiger partial charge on any atom is 0.0594 e. The highest BCUT2D eigenvalue weighted by atomic mass is 32.2. The van der Waals surface area contributed by atoms with E-state index >= 15 is 0 Å². The predicted molar refractivity (Wildman–Crippen MR) is 52.4 cm³/mol. The van der Waals surface area contributed by atoms with Gasteiger partial charge in [0.2, 0.25) is 0 Å². The minimum atomic E-state index is -1.90. The number of rotatable bonds is 3. The molecule has 1 unspecified atom stereocenters. The van der Waals surface area contributed by atoms with Crippen molar-refractivity contribution < 1.29 is 13.5 Å². The average molecular weight is 208 g/mol. The van der Waals surface area contributed by atoms with Gasteiger partial charge in [0.05, 0.1) is 13.2 Å². The molecule has 0 bridgehead atoms. The summed E-state index contributed by atoms with van der Waals surface area (Å²) in [5, 5.41) is 0. The van der Waals surface area contributed by atoms with E-state index in [1.807, 2.05) is 13.8 Å². The van der Waals surface area contributed by atoms with E-state index in [0.29, 0.717) is 6.54 Å². The highest BCUT2D eigenvalue weighted by Gasteiger charge is 2.08. The Morgan fingerprint density at radius 1 is 1.38 bits per heavy atom. The largest absolute Gasteiger partial charge is 0.772 e. The van der Waals surface area contributed by atoms with E-state index in [1.54, 1.807) is 0 Å². The van der Waals surface area contributed by atoms with Gasteiger partial charge in [0.25, 0.3) is 0 Å². The van der Waals surface area contributed by atoms with Gasteiger partial charge in [-0.3, -0.25) is 9.11 Å². The lowest BCUT2D eigenvalue weighted by atomic mass is 10.4. The third-order valence-corrected chi connectivity index (χ3v) is 2.19. The van der Waals surface area contributed by atoms with Crippen LogP contribution in [0, 0.1) is 0 Å².